The van der Waals surface area contributed by atoms with E-state index < -0.39 is 0 Å². The van der Waals surface area contributed by atoms with Crippen molar-refractivity contribution in [1.29, 1.82) is 0 Å². The van der Waals surface area contributed by atoms with Gasteiger partial charge in [-0.05, 0) is 0 Å². The van der Waals surface area contributed by atoms with Crippen LogP contribution in [0.4, 0.5) is 0 Å². The Balaban J connectivity index is -0.00000000221. The van der Waals surface area contributed by atoms with Gasteiger partial charge in [-0.2, -0.15) is 12.3 Å². The van der Waals surface area contributed by atoms with Gasteiger partial charge in [0.15, 0.2) is 0 Å². The minimum Gasteiger partial charge on any atom is -0.358 e. The molecule has 0 amide bonds. The zero-order valence-electron chi connectivity index (χ0n) is 34.2. The molecule has 1 rings (SSSR count). The molecule has 10 heteroatoms. The van der Waals surface area contributed by atoms with Crippen molar-refractivity contribution in [2.24, 2.45) is 5.92 Å². The standard InChI is InChI=1S/C7H13.2C3H8.5C2H6.5CH4.8CH3.10Y/c1-7-5-3-2-4-6-7;2*1-3-2;5*1-2;;;;;;;;;;;;;;;;;;;;;;;/h5,7H,2-4,6H2,1H3;2*3H2,1-2H3;5*1-2H3;5*1H4;8*1H3;;;;;;;;;;/q-1;;;;;;;;;;;;;8*-1;;;;;;;;;;+3. The Morgan fingerprint density at radius 2 is 0.522 bits per heavy atom. The van der Waals surface area contributed by atoms with Crippen LogP contribution in [0.3, 0.4) is 0 Å². The molecular weight excluding hydrogens is 1320 g/mol. The van der Waals surface area contributed by atoms with Crippen LogP contribution in [0.1, 0.15) is 180 Å². The van der Waals surface area contributed by atoms with E-state index in [1.807, 2.05) is 69.2 Å². The van der Waals surface area contributed by atoms with Crippen LogP contribution in [0, 0.1) is 71.8 Å². The van der Waals surface area contributed by atoms with Crippen molar-refractivity contribution in [1.82, 2.24) is 0 Å². The predicted molar refractivity (Wildman–Crippen MR) is 206 cm³/mol. The summed E-state index contributed by atoms with van der Waals surface area (Å²) in [5.41, 5.74) is 0. The molecule has 1 aliphatic carbocycles. The van der Waals surface area contributed by atoms with Crippen LogP contribution in [0.5, 0.6) is 0 Å². The topological polar surface area (TPSA) is 0 Å². The fourth-order valence-corrected chi connectivity index (χ4v) is 1.13. The van der Waals surface area contributed by atoms with Crippen molar-refractivity contribution < 1.29 is 327 Å². The van der Waals surface area contributed by atoms with E-state index in [9.17, 15) is 0 Å². The predicted octanol–water partition coefficient (Wildman–Crippen LogP) is 17.1. The van der Waals surface area contributed by atoms with Gasteiger partial charge in [-0.1, -0.05) is 173 Å². The van der Waals surface area contributed by atoms with Crippen LogP contribution in [0.2, 0.25) is 0 Å². The molecule has 1 atom stereocenters. The summed E-state index contributed by atoms with van der Waals surface area (Å²) in [6.45, 7) is 30.8. The average molecular weight is 1430 g/mol. The van der Waals surface area contributed by atoms with Crippen LogP contribution in [-0.4, -0.2) is 0 Å². The van der Waals surface area contributed by atoms with Crippen LogP contribution in [-0.2, 0) is 327 Å². The largest absolute Gasteiger partial charge is 3.00 e. The first-order valence-corrected chi connectivity index (χ1v) is 11.1. The fraction of sp³-hybridized carbons (Fsp3) is 0.750. The summed E-state index contributed by atoms with van der Waals surface area (Å²) in [7, 11) is 0. The molecule has 0 aliphatic heterocycles. The van der Waals surface area contributed by atoms with Gasteiger partial charge in [0.25, 0.3) is 0 Å². The Morgan fingerprint density at radius 1 is 0.391 bits per heavy atom. The molecule has 1 unspecified atom stereocenters. The van der Waals surface area contributed by atoms with Gasteiger partial charge in [0.05, 0.1) is 0 Å². The van der Waals surface area contributed by atoms with Crippen LogP contribution >= 0.6 is 0 Å². The Morgan fingerprint density at radius 3 is 0.565 bits per heavy atom. The minimum absolute atomic E-state index is 0. The summed E-state index contributed by atoms with van der Waals surface area (Å²) in [4.78, 5) is 0. The van der Waals surface area contributed by atoms with E-state index >= 15 is 0 Å². The third-order valence-corrected chi connectivity index (χ3v) is 1.68. The number of hydrogen-bond donors (Lipinski definition) is 0. The Labute approximate surface area is 564 Å². The third kappa shape index (κ3) is 443. The summed E-state index contributed by atoms with van der Waals surface area (Å²) in [6, 6.07) is 0. The molecule has 0 bridgehead atoms. The van der Waals surface area contributed by atoms with Crippen molar-refractivity contribution >= 4 is 0 Å². The summed E-state index contributed by atoms with van der Waals surface area (Å²) < 4.78 is 0. The van der Waals surface area contributed by atoms with Gasteiger partial charge in [0.2, 0.25) is 0 Å². The fourth-order valence-electron chi connectivity index (χ4n) is 1.13. The van der Waals surface area contributed by atoms with Crippen molar-refractivity contribution in [3.8, 4) is 0 Å². The molecule has 0 spiro atoms. The van der Waals surface area contributed by atoms with E-state index in [0.717, 1.165) is 5.92 Å². The first-order chi connectivity index (χ1) is 11.2. The molecule has 0 aromatic rings. The molecule has 46 heavy (non-hydrogen) atoms. The summed E-state index contributed by atoms with van der Waals surface area (Å²) in [5, 5.41) is 0. The monoisotopic (exact) mass is 1420 g/mol. The number of hydrogen-bond acceptors (Lipinski definition) is 0. The Kier molecular flexibility index (Phi) is 2040. The van der Waals surface area contributed by atoms with Gasteiger partial charge >= 0.3 is 32.7 Å². The molecule has 0 saturated heterocycles. The minimum atomic E-state index is 0. The third-order valence-electron chi connectivity index (χ3n) is 1.68. The van der Waals surface area contributed by atoms with Gasteiger partial charge < -0.3 is 65.8 Å². The first-order valence-electron chi connectivity index (χ1n) is 11.1. The normalized spacial score (nSPS) is 6.46. The molecule has 9 radical (unpaired) electrons. The first kappa shape index (κ1) is 245. The maximum absolute atomic E-state index is 2.43. The van der Waals surface area contributed by atoms with E-state index in [1.165, 1.54) is 38.5 Å². The molecule has 1 aliphatic rings. The van der Waals surface area contributed by atoms with E-state index in [0.29, 0.717) is 0 Å². The van der Waals surface area contributed by atoms with Gasteiger partial charge in [-0.25, -0.2) is 0 Å². The van der Waals surface area contributed by atoms with Crippen LogP contribution < -0.4 is 0 Å². The molecule has 1 saturated carbocycles. The van der Waals surface area contributed by atoms with Gasteiger partial charge in [0, 0.05) is 294 Å². The maximum Gasteiger partial charge on any atom is 3.00 e. The van der Waals surface area contributed by atoms with E-state index in [4.69, 9.17) is 0 Å². The number of rotatable bonds is 0. The Hall–Kier alpha value is 11.0. The molecule has 0 aromatic carbocycles. The molecule has 0 N–H and O–H groups in total. The second kappa shape index (κ2) is 384. The smallest absolute Gasteiger partial charge is 0.358 e. The average Bonchev–Trinajstić information content (AvgIpc) is 2.66. The van der Waals surface area contributed by atoms with Crippen LogP contribution in [0.15, 0.2) is 0 Å². The molecule has 0 heterocycles. The Bertz CT molecular complexity index is 93.2. The van der Waals surface area contributed by atoms with E-state index in [-0.39, 0.29) is 424 Å². The van der Waals surface area contributed by atoms with Crippen molar-refractivity contribution in [2.75, 3.05) is 0 Å². The summed E-state index contributed by atoms with van der Waals surface area (Å²) >= 11 is 0. The zero-order chi connectivity index (χ0) is 20.5. The maximum atomic E-state index is 2.43. The summed E-state index contributed by atoms with van der Waals surface area (Å²) in [5.74, 6) is 0.911. The van der Waals surface area contributed by atoms with E-state index in [1.54, 1.807) is 0 Å². The molecule has 1 fully saturated rings. The quantitative estimate of drug-likeness (QED) is 0.212. The van der Waals surface area contributed by atoms with Crippen LogP contribution in [0.25, 0.3) is 0 Å². The molecular formula is C36H103Y10-6. The zero-order valence-corrected chi connectivity index (χ0v) is 62.6. The molecule has 0 nitrogen and oxygen atoms in total. The molecule has 283 valence electrons. The van der Waals surface area contributed by atoms with Crippen molar-refractivity contribution in [3.05, 3.63) is 65.8 Å². The van der Waals surface area contributed by atoms with Gasteiger partial charge in [0.1, 0.15) is 0 Å². The second-order valence-electron chi connectivity index (χ2n) is 3.91. The van der Waals surface area contributed by atoms with Gasteiger partial charge in [-0.3, -0.25) is 0 Å². The summed E-state index contributed by atoms with van der Waals surface area (Å²) in [6.07, 6.45) is 10.6. The van der Waals surface area contributed by atoms with Gasteiger partial charge in [-0.15, -0.1) is 0 Å². The molecule has 0 aromatic heterocycles. The second-order valence-corrected chi connectivity index (χ2v) is 3.91. The SMILES string of the molecule is C.C.C.C.C.CC.CC.CC.CC.CC.CC1[CH-]CCCC1.CCC.CCC.[CH3-].[CH3-].[CH3-].[CH3-].[CH3-].[CH3-].[CH3-].[CH3-].[Y+3].[Y].[Y].[Y].[Y].[Y].[Y].[Y].[Y].[Y]. The van der Waals surface area contributed by atoms with Crippen molar-refractivity contribution in [2.45, 2.75) is 180 Å². The van der Waals surface area contributed by atoms with Crippen molar-refractivity contribution in [3.63, 3.8) is 0 Å². The van der Waals surface area contributed by atoms with E-state index in [2.05, 4.69) is 41.0 Å².